The first-order valence-electron chi connectivity index (χ1n) is 11.0. The lowest BCUT2D eigenvalue weighted by molar-refractivity contribution is -0.385. The van der Waals surface area contributed by atoms with E-state index >= 15 is 0 Å². The number of fused-ring (bicyclic) bond motifs is 3. The summed E-state index contributed by atoms with van der Waals surface area (Å²) in [5.41, 5.74) is 6.51. The predicted molar refractivity (Wildman–Crippen MR) is 126 cm³/mol. The van der Waals surface area contributed by atoms with E-state index in [1.165, 1.54) is 11.1 Å². The quantitative estimate of drug-likeness (QED) is 0.283. The number of rotatable bonds is 5. The van der Waals surface area contributed by atoms with Gasteiger partial charge >= 0.3 is 0 Å². The van der Waals surface area contributed by atoms with Crippen LogP contribution >= 0.6 is 0 Å². The normalized spacial score (nSPS) is 20.9. The van der Waals surface area contributed by atoms with Crippen LogP contribution in [0.15, 0.2) is 72.8 Å². The molecule has 5 heteroatoms. The molecule has 1 N–H and O–H groups in total. The molecule has 5 rings (SSSR count). The third-order valence-electron chi connectivity index (χ3n) is 6.67. The van der Waals surface area contributed by atoms with Crippen molar-refractivity contribution >= 4 is 11.4 Å². The monoisotopic (exact) mass is 426 g/mol. The van der Waals surface area contributed by atoms with Gasteiger partial charge in [-0.2, -0.15) is 0 Å². The van der Waals surface area contributed by atoms with Gasteiger partial charge in [0.2, 0.25) is 0 Å². The van der Waals surface area contributed by atoms with Crippen LogP contribution in [0.4, 0.5) is 11.4 Å². The molecule has 5 nitrogen and oxygen atoms in total. The third-order valence-corrected chi connectivity index (χ3v) is 6.67. The van der Waals surface area contributed by atoms with E-state index in [0.717, 1.165) is 34.5 Å². The van der Waals surface area contributed by atoms with Gasteiger partial charge in [-0.3, -0.25) is 10.1 Å². The van der Waals surface area contributed by atoms with Crippen molar-refractivity contribution in [2.24, 2.45) is 5.92 Å². The molecule has 1 unspecified atom stereocenters. The van der Waals surface area contributed by atoms with E-state index in [4.69, 9.17) is 4.74 Å². The molecule has 3 aromatic rings. The van der Waals surface area contributed by atoms with Crippen molar-refractivity contribution in [3.8, 4) is 5.75 Å². The molecule has 0 spiro atoms. The SMILES string of the molecule is Cc1ccc(COc2ccc(C3Nc4c(C)ccc([N+](=O)[O-])c4[C@@H]4C=CC[C@H]34)cc2)cc1. The summed E-state index contributed by atoms with van der Waals surface area (Å²) in [4.78, 5) is 11.4. The van der Waals surface area contributed by atoms with Crippen molar-refractivity contribution in [1.29, 1.82) is 0 Å². The van der Waals surface area contributed by atoms with Crippen LogP contribution in [-0.2, 0) is 6.61 Å². The van der Waals surface area contributed by atoms with Gasteiger partial charge in [-0.05, 0) is 55.0 Å². The van der Waals surface area contributed by atoms with Gasteiger partial charge < -0.3 is 10.1 Å². The molecule has 1 aliphatic heterocycles. The van der Waals surface area contributed by atoms with E-state index in [1.54, 1.807) is 6.07 Å². The van der Waals surface area contributed by atoms with E-state index in [1.807, 2.05) is 25.1 Å². The fraction of sp³-hybridized carbons (Fsp3) is 0.259. The first-order valence-corrected chi connectivity index (χ1v) is 11.0. The van der Waals surface area contributed by atoms with Crippen LogP contribution in [0.3, 0.4) is 0 Å². The minimum Gasteiger partial charge on any atom is -0.489 e. The van der Waals surface area contributed by atoms with Crippen LogP contribution in [0.5, 0.6) is 5.75 Å². The topological polar surface area (TPSA) is 64.4 Å². The summed E-state index contributed by atoms with van der Waals surface area (Å²) in [6, 6.07) is 20.2. The Morgan fingerprint density at radius 3 is 2.50 bits per heavy atom. The smallest absolute Gasteiger partial charge is 0.275 e. The second kappa shape index (κ2) is 8.15. The second-order valence-corrected chi connectivity index (χ2v) is 8.77. The van der Waals surface area contributed by atoms with E-state index < -0.39 is 0 Å². The molecule has 0 amide bonds. The van der Waals surface area contributed by atoms with Crippen molar-refractivity contribution in [3.63, 3.8) is 0 Å². The number of ether oxygens (including phenoxy) is 1. The molecule has 32 heavy (non-hydrogen) atoms. The largest absolute Gasteiger partial charge is 0.489 e. The van der Waals surface area contributed by atoms with Crippen molar-refractivity contribution in [1.82, 2.24) is 0 Å². The highest BCUT2D eigenvalue weighted by molar-refractivity contribution is 5.70. The van der Waals surface area contributed by atoms with Crippen LogP contribution < -0.4 is 10.1 Å². The first-order chi connectivity index (χ1) is 15.5. The molecule has 0 saturated carbocycles. The highest BCUT2D eigenvalue weighted by atomic mass is 16.6. The fourth-order valence-corrected chi connectivity index (χ4v) is 4.95. The van der Waals surface area contributed by atoms with Crippen LogP contribution in [0.2, 0.25) is 0 Å². The van der Waals surface area contributed by atoms with E-state index in [0.29, 0.717) is 6.61 Å². The number of hydrogen-bond donors (Lipinski definition) is 1. The van der Waals surface area contributed by atoms with Gasteiger partial charge in [0.15, 0.2) is 0 Å². The third kappa shape index (κ3) is 3.64. The number of hydrogen-bond acceptors (Lipinski definition) is 4. The van der Waals surface area contributed by atoms with Crippen molar-refractivity contribution in [3.05, 3.63) is 111 Å². The van der Waals surface area contributed by atoms with Gasteiger partial charge in [-0.25, -0.2) is 0 Å². The summed E-state index contributed by atoms with van der Waals surface area (Å²) in [7, 11) is 0. The van der Waals surface area contributed by atoms with Gasteiger partial charge in [-0.1, -0.05) is 60.2 Å². The molecule has 0 aromatic heterocycles. The number of benzene rings is 3. The molecular weight excluding hydrogens is 400 g/mol. The Labute approximate surface area is 187 Å². The number of nitrogens with one attached hydrogen (secondary N) is 1. The predicted octanol–water partition coefficient (Wildman–Crippen LogP) is 6.62. The molecule has 1 aliphatic carbocycles. The summed E-state index contributed by atoms with van der Waals surface area (Å²) < 4.78 is 5.97. The number of allylic oxidation sites excluding steroid dienone is 2. The maximum Gasteiger partial charge on any atom is 0.275 e. The Morgan fingerprint density at radius 1 is 1.03 bits per heavy atom. The zero-order chi connectivity index (χ0) is 22.2. The standard InChI is InChI=1S/C27H26N2O3/c1-17-6-9-19(10-7-17)16-32-21-13-11-20(12-14-21)27-23-5-3-4-22(23)25-24(29(30)31)15-8-18(2)26(25)28-27/h3-4,6-15,22-23,27-28H,5,16H2,1-2H3/t22-,23+,27?/m1/s1. The summed E-state index contributed by atoms with van der Waals surface area (Å²) in [5.74, 6) is 1.13. The van der Waals surface area contributed by atoms with Gasteiger partial charge in [0, 0.05) is 17.7 Å². The molecule has 3 atom stereocenters. The molecule has 3 aromatic carbocycles. The fourth-order valence-electron chi connectivity index (χ4n) is 4.95. The highest BCUT2D eigenvalue weighted by Crippen LogP contribution is 2.53. The van der Waals surface area contributed by atoms with Gasteiger partial charge in [0.1, 0.15) is 12.4 Å². The number of nitro groups is 1. The van der Waals surface area contributed by atoms with Gasteiger partial charge in [0.25, 0.3) is 5.69 Å². The Bertz CT molecular complexity index is 1180. The Morgan fingerprint density at radius 2 is 1.78 bits per heavy atom. The van der Waals surface area contributed by atoms with E-state index in [9.17, 15) is 10.1 Å². The lowest BCUT2D eigenvalue weighted by Crippen LogP contribution is -2.30. The van der Waals surface area contributed by atoms with Crippen molar-refractivity contribution in [2.75, 3.05) is 5.32 Å². The number of aryl methyl sites for hydroxylation is 2. The van der Waals surface area contributed by atoms with Crippen molar-refractivity contribution < 1.29 is 9.66 Å². The molecule has 0 radical (unpaired) electrons. The average molecular weight is 427 g/mol. The molecule has 162 valence electrons. The van der Waals surface area contributed by atoms with Crippen LogP contribution in [0, 0.1) is 29.9 Å². The molecule has 0 bridgehead atoms. The molecule has 1 heterocycles. The number of anilines is 1. The van der Waals surface area contributed by atoms with Crippen molar-refractivity contribution in [2.45, 2.75) is 38.8 Å². The maximum atomic E-state index is 11.7. The van der Waals surface area contributed by atoms with Gasteiger partial charge in [-0.15, -0.1) is 0 Å². The van der Waals surface area contributed by atoms with E-state index in [2.05, 4.69) is 60.8 Å². The zero-order valence-corrected chi connectivity index (χ0v) is 18.2. The first kappa shape index (κ1) is 20.3. The summed E-state index contributed by atoms with van der Waals surface area (Å²) in [6.45, 7) is 4.62. The Balaban J connectivity index is 1.39. The minimum absolute atomic E-state index is 0.0500. The lowest BCUT2D eigenvalue weighted by Gasteiger charge is -2.38. The highest BCUT2D eigenvalue weighted by Gasteiger charge is 2.42. The Kier molecular flexibility index (Phi) is 5.17. The number of nitro benzene ring substituents is 1. The summed E-state index contributed by atoms with van der Waals surface area (Å²) >= 11 is 0. The zero-order valence-electron chi connectivity index (χ0n) is 18.2. The average Bonchev–Trinajstić information content (AvgIpc) is 3.29. The molecule has 0 fully saturated rings. The molecule has 2 aliphatic rings. The summed E-state index contributed by atoms with van der Waals surface area (Å²) in [5, 5.41) is 15.3. The van der Waals surface area contributed by atoms with Crippen LogP contribution in [-0.4, -0.2) is 4.92 Å². The lowest BCUT2D eigenvalue weighted by atomic mass is 9.75. The number of nitrogens with zero attached hydrogens (tertiary/aromatic N) is 1. The van der Waals surface area contributed by atoms with Gasteiger partial charge in [0.05, 0.1) is 16.5 Å². The van der Waals surface area contributed by atoms with E-state index in [-0.39, 0.29) is 28.5 Å². The van der Waals surface area contributed by atoms with Crippen LogP contribution in [0.25, 0.3) is 0 Å². The maximum absolute atomic E-state index is 11.7. The summed E-state index contributed by atoms with van der Waals surface area (Å²) in [6.07, 6.45) is 5.20. The van der Waals surface area contributed by atoms with Crippen LogP contribution in [0.1, 0.15) is 46.2 Å². The Hall–Kier alpha value is -3.60. The molecule has 0 saturated heterocycles. The minimum atomic E-state index is -0.260. The molecular formula is C27H26N2O3. The second-order valence-electron chi connectivity index (χ2n) is 8.77.